The number of hydrogen-bond acceptors (Lipinski definition) is 2. The van der Waals surface area contributed by atoms with Crippen LogP contribution in [0.5, 0.6) is 0 Å². The first kappa shape index (κ1) is 14.3. The van der Waals surface area contributed by atoms with Gasteiger partial charge in [0.1, 0.15) is 5.60 Å². The van der Waals surface area contributed by atoms with Gasteiger partial charge < -0.3 is 4.74 Å². The Balaban J connectivity index is 2.04. The number of benzene rings is 2. The van der Waals surface area contributed by atoms with Crippen LogP contribution in [-0.2, 0) is 16.0 Å². The molecule has 2 heteroatoms. The van der Waals surface area contributed by atoms with E-state index in [0.29, 0.717) is 6.42 Å². The lowest BCUT2D eigenvalue weighted by molar-refractivity contribution is -0.153. The second kappa shape index (κ2) is 5.91. The molecule has 0 radical (unpaired) electrons. The molecule has 0 saturated carbocycles. The number of hydrogen-bond donors (Lipinski definition) is 0. The van der Waals surface area contributed by atoms with Crippen LogP contribution in [0, 0.1) is 0 Å². The molecule has 0 N–H and O–H groups in total. The van der Waals surface area contributed by atoms with Crippen molar-refractivity contribution in [1.29, 1.82) is 0 Å². The topological polar surface area (TPSA) is 26.3 Å². The molecular formula is C18H20O2. The van der Waals surface area contributed by atoms with Gasteiger partial charge in [-0.15, -0.1) is 0 Å². The molecule has 0 heterocycles. The molecule has 0 bridgehead atoms. The molecule has 2 rings (SSSR count). The maximum atomic E-state index is 11.8. The van der Waals surface area contributed by atoms with Crippen LogP contribution in [-0.4, -0.2) is 11.6 Å². The molecule has 0 amide bonds. The predicted octanol–water partition coefficient (Wildman–Crippen LogP) is 4.24. The van der Waals surface area contributed by atoms with Crippen LogP contribution >= 0.6 is 0 Å². The maximum Gasteiger partial charge on any atom is 0.310 e. The van der Waals surface area contributed by atoms with Crippen LogP contribution in [0.2, 0.25) is 0 Å². The van der Waals surface area contributed by atoms with Crippen molar-refractivity contribution in [3.63, 3.8) is 0 Å². The van der Waals surface area contributed by atoms with Crippen molar-refractivity contribution in [2.45, 2.75) is 32.8 Å². The maximum absolute atomic E-state index is 11.8. The van der Waals surface area contributed by atoms with E-state index in [9.17, 15) is 4.79 Å². The fraction of sp³-hybridized carbons (Fsp3) is 0.278. The summed E-state index contributed by atoms with van der Waals surface area (Å²) in [6.45, 7) is 5.64. The van der Waals surface area contributed by atoms with Gasteiger partial charge in [-0.05, 0) is 37.5 Å². The summed E-state index contributed by atoms with van der Waals surface area (Å²) in [6.07, 6.45) is 0.312. The highest BCUT2D eigenvalue weighted by molar-refractivity contribution is 5.73. The summed E-state index contributed by atoms with van der Waals surface area (Å²) in [6, 6.07) is 18.2. The van der Waals surface area contributed by atoms with Crippen molar-refractivity contribution in [2.24, 2.45) is 0 Å². The molecule has 0 aliphatic heterocycles. The standard InChI is InChI=1S/C18H20O2/c1-18(2,3)20-17(19)13-14-9-11-16(12-10-14)15-7-5-4-6-8-15/h4-12H,13H2,1-3H3. The number of ether oxygens (including phenoxy) is 1. The van der Waals surface area contributed by atoms with E-state index in [4.69, 9.17) is 4.74 Å². The quantitative estimate of drug-likeness (QED) is 0.778. The molecule has 0 unspecified atom stereocenters. The van der Waals surface area contributed by atoms with Gasteiger partial charge in [0.25, 0.3) is 0 Å². The minimum atomic E-state index is -0.430. The second-order valence-corrected chi connectivity index (χ2v) is 5.83. The van der Waals surface area contributed by atoms with Gasteiger partial charge in [0.2, 0.25) is 0 Å². The Morgan fingerprint density at radius 1 is 0.900 bits per heavy atom. The summed E-state index contributed by atoms with van der Waals surface area (Å²) in [5.74, 6) is -0.190. The van der Waals surface area contributed by atoms with E-state index >= 15 is 0 Å². The highest BCUT2D eigenvalue weighted by Crippen LogP contribution is 2.19. The average Bonchev–Trinajstić information content (AvgIpc) is 2.38. The zero-order valence-corrected chi connectivity index (χ0v) is 12.2. The molecule has 0 saturated heterocycles. The average molecular weight is 268 g/mol. The summed E-state index contributed by atoms with van der Waals surface area (Å²) in [7, 11) is 0. The molecule has 2 aromatic rings. The van der Waals surface area contributed by atoms with Crippen molar-refractivity contribution >= 4 is 5.97 Å². The normalized spacial score (nSPS) is 11.2. The molecule has 0 aromatic heterocycles. The summed E-state index contributed by atoms with van der Waals surface area (Å²) in [5.41, 5.74) is 2.87. The molecule has 0 aliphatic carbocycles. The van der Waals surface area contributed by atoms with Crippen LogP contribution < -0.4 is 0 Å². The first-order valence-electron chi connectivity index (χ1n) is 6.80. The lowest BCUT2D eigenvalue weighted by atomic mass is 10.0. The van der Waals surface area contributed by atoms with E-state index in [2.05, 4.69) is 12.1 Å². The highest BCUT2D eigenvalue weighted by atomic mass is 16.6. The van der Waals surface area contributed by atoms with Crippen LogP contribution in [0.1, 0.15) is 26.3 Å². The van der Waals surface area contributed by atoms with E-state index < -0.39 is 5.60 Å². The Bertz CT molecular complexity index is 563. The van der Waals surface area contributed by atoms with Gasteiger partial charge >= 0.3 is 5.97 Å². The number of carbonyl (C=O) groups excluding carboxylic acids is 1. The van der Waals surface area contributed by atoms with Crippen molar-refractivity contribution in [2.75, 3.05) is 0 Å². The minimum absolute atomic E-state index is 0.190. The third-order valence-electron chi connectivity index (χ3n) is 2.83. The fourth-order valence-corrected chi connectivity index (χ4v) is 1.99. The van der Waals surface area contributed by atoms with Crippen LogP contribution in [0.4, 0.5) is 0 Å². The lowest BCUT2D eigenvalue weighted by Gasteiger charge is -2.19. The zero-order chi connectivity index (χ0) is 14.6. The van der Waals surface area contributed by atoms with E-state index in [1.165, 1.54) is 5.56 Å². The van der Waals surface area contributed by atoms with Crippen molar-refractivity contribution in [1.82, 2.24) is 0 Å². The molecule has 0 atom stereocenters. The molecule has 0 fully saturated rings. The monoisotopic (exact) mass is 268 g/mol. The fourth-order valence-electron chi connectivity index (χ4n) is 1.99. The molecule has 20 heavy (non-hydrogen) atoms. The second-order valence-electron chi connectivity index (χ2n) is 5.83. The largest absolute Gasteiger partial charge is 0.460 e. The molecule has 0 spiro atoms. The molecule has 104 valence electrons. The smallest absolute Gasteiger partial charge is 0.310 e. The Morgan fingerprint density at radius 3 is 2.00 bits per heavy atom. The first-order chi connectivity index (χ1) is 9.44. The van der Waals surface area contributed by atoms with Gasteiger partial charge in [-0.2, -0.15) is 0 Å². The van der Waals surface area contributed by atoms with Crippen LogP contribution in [0.15, 0.2) is 54.6 Å². The van der Waals surface area contributed by atoms with Crippen LogP contribution in [0.3, 0.4) is 0 Å². The SMILES string of the molecule is CC(C)(C)OC(=O)Cc1ccc(-c2ccccc2)cc1. The zero-order valence-electron chi connectivity index (χ0n) is 12.2. The van der Waals surface area contributed by atoms with Gasteiger partial charge in [-0.1, -0.05) is 54.6 Å². The predicted molar refractivity (Wildman–Crippen MR) is 81.4 cm³/mol. The van der Waals surface area contributed by atoms with Gasteiger partial charge in [0.05, 0.1) is 6.42 Å². The van der Waals surface area contributed by atoms with Crippen LogP contribution in [0.25, 0.3) is 11.1 Å². The third kappa shape index (κ3) is 4.23. The van der Waals surface area contributed by atoms with Crippen molar-refractivity contribution in [3.05, 3.63) is 60.2 Å². The lowest BCUT2D eigenvalue weighted by Crippen LogP contribution is -2.24. The molecule has 2 nitrogen and oxygen atoms in total. The van der Waals surface area contributed by atoms with E-state index in [1.807, 2.05) is 63.2 Å². The van der Waals surface area contributed by atoms with E-state index in [-0.39, 0.29) is 5.97 Å². The Labute approximate surface area is 120 Å². The highest BCUT2D eigenvalue weighted by Gasteiger charge is 2.16. The van der Waals surface area contributed by atoms with Gasteiger partial charge in [0, 0.05) is 0 Å². The number of esters is 1. The van der Waals surface area contributed by atoms with Crippen molar-refractivity contribution < 1.29 is 9.53 Å². The summed E-state index contributed by atoms with van der Waals surface area (Å²) in [5, 5.41) is 0. The Morgan fingerprint density at radius 2 is 1.45 bits per heavy atom. The van der Waals surface area contributed by atoms with Gasteiger partial charge in [0.15, 0.2) is 0 Å². The summed E-state index contributed by atoms with van der Waals surface area (Å²) < 4.78 is 5.32. The molecule has 2 aromatic carbocycles. The number of carbonyl (C=O) groups is 1. The molecular weight excluding hydrogens is 248 g/mol. The summed E-state index contributed by atoms with van der Waals surface area (Å²) >= 11 is 0. The van der Waals surface area contributed by atoms with Gasteiger partial charge in [-0.25, -0.2) is 0 Å². The van der Waals surface area contributed by atoms with Crippen molar-refractivity contribution in [3.8, 4) is 11.1 Å². The Kier molecular flexibility index (Phi) is 4.23. The summed E-state index contributed by atoms with van der Waals surface area (Å²) in [4.78, 5) is 11.8. The third-order valence-corrected chi connectivity index (χ3v) is 2.83. The van der Waals surface area contributed by atoms with E-state index in [0.717, 1.165) is 11.1 Å². The van der Waals surface area contributed by atoms with E-state index in [1.54, 1.807) is 0 Å². The number of rotatable bonds is 3. The Hall–Kier alpha value is -2.09. The minimum Gasteiger partial charge on any atom is -0.460 e. The van der Waals surface area contributed by atoms with Gasteiger partial charge in [-0.3, -0.25) is 4.79 Å². The molecule has 0 aliphatic rings. The first-order valence-corrected chi connectivity index (χ1v) is 6.80.